The Morgan fingerprint density at radius 1 is 1.23 bits per heavy atom. The van der Waals surface area contributed by atoms with Crippen LogP contribution in [0.1, 0.15) is 51.4 Å². The molecule has 8 heteroatoms. The maximum atomic E-state index is 9.55. The minimum Gasteiger partial charge on any atom is -0.387 e. The Labute approximate surface area is 183 Å². The van der Waals surface area contributed by atoms with Crippen LogP contribution in [0.4, 0.5) is 5.69 Å². The van der Waals surface area contributed by atoms with Gasteiger partial charge in [0, 0.05) is 29.9 Å². The first-order valence-corrected chi connectivity index (χ1v) is 10.5. The number of hydrogen-bond acceptors (Lipinski definition) is 7. The molecule has 0 spiro atoms. The molecule has 0 bridgehead atoms. The molecular formula is C23H32N6O2. The third-order valence-corrected chi connectivity index (χ3v) is 4.40. The summed E-state index contributed by atoms with van der Waals surface area (Å²) in [5, 5.41) is 0. The lowest BCUT2D eigenvalue weighted by Gasteiger charge is -2.06. The zero-order valence-electron chi connectivity index (χ0n) is 18.5. The third kappa shape index (κ3) is 7.92. The highest BCUT2D eigenvalue weighted by molar-refractivity contribution is 5.90. The summed E-state index contributed by atoms with van der Waals surface area (Å²) in [5.74, 6) is 1.76. The van der Waals surface area contributed by atoms with E-state index in [4.69, 9.17) is 11.5 Å². The number of fused-ring (bicyclic) bond motifs is 1. The molecule has 0 unspecified atom stereocenters. The van der Waals surface area contributed by atoms with Gasteiger partial charge in [-0.05, 0) is 24.0 Å². The molecular weight excluding hydrogens is 392 g/mol. The Morgan fingerprint density at radius 3 is 2.58 bits per heavy atom. The van der Waals surface area contributed by atoms with Gasteiger partial charge in [0.25, 0.3) is 0 Å². The smallest absolute Gasteiger partial charge is 0.230 e. The van der Waals surface area contributed by atoms with E-state index in [0.717, 1.165) is 41.6 Å². The number of benzene rings is 1. The average Bonchev–Trinajstić information content (AvgIpc) is 2.91. The lowest BCUT2D eigenvalue weighted by Crippen LogP contribution is -2.15. The molecule has 1 aliphatic heterocycles. The lowest BCUT2D eigenvalue weighted by molar-refractivity contribution is -0.121. The summed E-state index contributed by atoms with van der Waals surface area (Å²) in [4.78, 5) is 27.2. The second-order valence-corrected chi connectivity index (χ2v) is 7.64. The van der Waals surface area contributed by atoms with E-state index in [-0.39, 0.29) is 0 Å². The number of carbonyl (C=O) groups excluding carboxylic acids is 1. The lowest BCUT2D eigenvalue weighted by atomic mass is 10.0. The summed E-state index contributed by atoms with van der Waals surface area (Å²) in [5.41, 5.74) is 19.0. The number of rotatable bonds is 8. The Hall–Kier alpha value is -3.10. The van der Waals surface area contributed by atoms with Crippen molar-refractivity contribution in [3.8, 4) is 11.1 Å². The van der Waals surface area contributed by atoms with Crippen LogP contribution in [0.25, 0.3) is 17.2 Å². The number of amidine groups is 1. The molecule has 5 N–H and O–H groups in total. The first kappa shape index (κ1) is 24.2. The Balaban J connectivity index is 0.000000366. The van der Waals surface area contributed by atoms with Gasteiger partial charge in [0.05, 0.1) is 18.8 Å². The summed E-state index contributed by atoms with van der Waals surface area (Å²) < 4.78 is 0. The van der Waals surface area contributed by atoms with Gasteiger partial charge in [-0.15, -0.1) is 0 Å². The number of nitrogens with zero attached hydrogens (tertiary/aromatic N) is 3. The number of aromatic nitrogens is 2. The zero-order valence-corrected chi connectivity index (χ0v) is 18.5. The van der Waals surface area contributed by atoms with Crippen molar-refractivity contribution in [1.29, 1.82) is 0 Å². The standard InChI is InChI=1S/C18H21N5.C5H11NO2/c1-2-3-12-6-14-5-4-13(8-16(14)23-17(20)7-12)15-10-21-18(9-19)22-11-15;1-5(2)3-8-6-4-7/h4-6,8,10-11H,2-3,7,9,19H2,1H3,(H2,20,23);4-5H,3H2,1-2H3,(H,6,7). The van der Waals surface area contributed by atoms with Crippen molar-refractivity contribution in [2.45, 2.75) is 46.6 Å². The van der Waals surface area contributed by atoms with Crippen LogP contribution >= 0.6 is 0 Å². The molecule has 31 heavy (non-hydrogen) atoms. The van der Waals surface area contributed by atoms with Crippen LogP contribution in [0.2, 0.25) is 0 Å². The molecule has 8 nitrogen and oxygen atoms in total. The highest BCUT2D eigenvalue weighted by Crippen LogP contribution is 2.32. The molecule has 0 aliphatic carbocycles. The normalized spacial score (nSPS) is 12.7. The van der Waals surface area contributed by atoms with Gasteiger partial charge >= 0.3 is 0 Å². The van der Waals surface area contributed by atoms with Crippen LogP contribution in [-0.4, -0.2) is 28.8 Å². The monoisotopic (exact) mass is 424 g/mol. The summed E-state index contributed by atoms with van der Waals surface area (Å²) in [7, 11) is 0. The number of hydroxylamine groups is 1. The van der Waals surface area contributed by atoms with E-state index >= 15 is 0 Å². The van der Waals surface area contributed by atoms with Crippen molar-refractivity contribution in [1.82, 2.24) is 15.4 Å². The number of nitrogens with one attached hydrogen (secondary N) is 1. The summed E-state index contributed by atoms with van der Waals surface area (Å²) >= 11 is 0. The van der Waals surface area contributed by atoms with Gasteiger partial charge < -0.3 is 11.5 Å². The molecule has 1 aromatic heterocycles. The van der Waals surface area contributed by atoms with E-state index in [9.17, 15) is 4.79 Å². The zero-order chi connectivity index (χ0) is 22.6. The van der Waals surface area contributed by atoms with Crippen molar-refractivity contribution in [3.63, 3.8) is 0 Å². The number of hydrogen-bond donors (Lipinski definition) is 3. The molecule has 0 saturated carbocycles. The van der Waals surface area contributed by atoms with Gasteiger partial charge in [-0.2, -0.15) is 0 Å². The van der Waals surface area contributed by atoms with Gasteiger partial charge in [0.1, 0.15) is 11.7 Å². The van der Waals surface area contributed by atoms with Crippen molar-refractivity contribution in [3.05, 3.63) is 47.6 Å². The maximum absolute atomic E-state index is 9.55. The minimum atomic E-state index is 0.344. The van der Waals surface area contributed by atoms with Crippen molar-refractivity contribution >= 4 is 24.0 Å². The second-order valence-electron chi connectivity index (χ2n) is 7.64. The van der Waals surface area contributed by atoms with Crippen LogP contribution < -0.4 is 16.9 Å². The summed E-state index contributed by atoms with van der Waals surface area (Å²) in [6, 6.07) is 6.18. The van der Waals surface area contributed by atoms with E-state index in [1.165, 1.54) is 5.57 Å². The van der Waals surface area contributed by atoms with Crippen molar-refractivity contribution < 1.29 is 9.63 Å². The van der Waals surface area contributed by atoms with Gasteiger partial charge in [-0.1, -0.05) is 51.0 Å². The summed E-state index contributed by atoms with van der Waals surface area (Å²) in [6.45, 7) is 7.10. The van der Waals surface area contributed by atoms with Gasteiger partial charge in [-0.25, -0.2) is 20.4 Å². The number of aliphatic imine (C=N–C) groups is 1. The average molecular weight is 425 g/mol. The Kier molecular flexibility index (Phi) is 9.80. The summed E-state index contributed by atoms with van der Waals surface area (Å²) in [6.07, 6.45) is 9.20. The molecule has 1 aliphatic rings. The number of amides is 1. The van der Waals surface area contributed by atoms with Gasteiger partial charge in [0.15, 0.2) is 0 Å². The van der Waals surface area contributed by atoms with Crippen LogP contribution in [0, 0.1) is 5.92 Å². The topological polar surface area (TPSA) is 129 Å². The first-order valence-electron chi connectivity index (χ1n) is 10.5. The molecule has 0 saturated heterocycles. The first-order chi connectivity index (χ1) is 15.0. The number of nitrogens with two attached hydrogens (primary N) is 2. The molecule has 1 amide bonds. The van der Waals surface area contributed by atoms with Crippen LogP contribution in [-0.2, 0) is 16.2 Å². The van der Waals surface area contributed by atoms with Crippen molar-refractivity contribution in [2.75, 3.05) is 6.61 Å². The fourth-order valence-electron chi connectivity index (χ4n) is 2.98. The Morgan fingerprint density at radius 2 is 1.97 bits per heavy atom. The number of carbonyl (C=O) groups is 1. The van der Waals surface area contributed by atoms with E-state index in [2.05, 4.69) is 50.4 Å². The predicted molar refractivity (Wildman–Crippen MR) is 124 cm³/mol. The van der Waals surface area contributed by atoms with Crippen LogP contribution in [0.3, 0.4) is 0 Å². The van der Waals surface area contributed by atoms with E-state index in [1.807, 2.05) is 19.9 Å². The van der Waals surface area contributed by atoms with Crippen molar-refractivity contribution in [2.24, 2.45) is 22.4 Å². The SMILES string of the molecule is CC(C)CONC=O.CCCC1=Cc2ccc(-c3cnc(CN)nc3)cc2N=C(N)C1. The second kappa shape index (κ2) is 12.6. The highest BCUT2D eigenvalue weighted by Gasteiger charge is 2.11. The van der Waals surface area contributed by atoms with Gasteiger partial charge in [-0.3, -0.25) is 9.63 Å². The Bertz CT molecular complexity index is 907. The molecule has 0 atom stereocenters. The van der Waals surface area contributed by atoms with Crippen LogP contribution in [0.5, 0.6) is 0 Å². The van der Waals surface area contributed by atoms with Gasteiger partial charge in [0.2, 0.25) is 6.41 Å². The molecule has 1 aromatic carbocycles. The largest absolute Gasteiger partial charge is 0.387 e. The quantitative estimate of drug-likeness (QED) is 0.338. The molecule has 3 rings (SSSR count). The highest BCUT2D eigenvalue weighted by atomic mass is 16.6. The van der Waals surface area contributed by atoms with E-state index in [0.29, 0.717) is 37.1 Å². The molecule has 0 fully saturated rings. The minimum absolute atomic E-state index is 0.344. The molecule has 2 aromatic rings. The van der Waals surface area contributed by atoms with E-state index in [1.54, 1.807) is 12.4 Å². The van der Waals surface area contributed by atoms with E-state index < -0.39 is 0 Å². The van der Waals surface area contributed by atoms with Crippen LogP contribution in [0.15, 0.2) is 41.2 Å². The molecule has 166 valence electrons. The fraction of sp³-hybridized carbons (Fsp3) is 0.391. The fourth-order valence-corrected chi connectivity index (χ4v) is 2.98. The maximum Gasteiger partial charge on any atom is 0.230 e. The molecule has 2 heterocycles. The molecule has 0 radical (unpaired) electrons. The predicted octanol–water partition coefficient (Wildman–Crippen LogP) is 3.50. The third-order valence-electron chi connectivity index (χ3n) is 4.40.